The van der Waals surface area contributed by atoms with Gasteiger partial charge < -0.3 is 9.47 Å². The van der Waals surface area contributed by atoms with Crippen molar-refractivity contribution in [1.82, 2.24) is 29.8 Å². The Morgan fingerprint density at radius 1 is 1.21 bits per heavy atom. The van der Waals surface area contributed by atoms with E-state index in [9.17, 15) is 4.79 Å². The standard InChI is InChI=1S/C26H32ClN7O3Si/c1-16(2)21-14-37-26(35)34(21)23-8-9-33-25(30-23)19(13-28-33)18-7-6-17(12-20(18)27)24-29-22(31-32-24)15-36-10-11-38(3,4)5/h6-9,12-13,16,21H,10-11,14-15H2,1-5H3,(H,29,31,32)/t21-/m1/s1. The zero-order valence-corrected chi connectivity index (χ0v) is 24.0. The SMILES string of the molecule is CC(C)[C@H]1COC(=O)N1c1ccn2ncc(-c3ccc(-c4n[nH]c(COCC[Si](C)(C)C)n4)cc3Cl)c2n1. The van der Waals surface area contributed by atoms with Crippen molar-refractivity contribution in [2.75, 3.05) is 18.1 Å². The van der Waals surface area contributed by atoms with Crippen LogP contribution in [0.5, 0.6) is 0 Å². The number of halogens is 1. The Morgan fingerprint density at radius 3 is 2.76 bits per heavy atom. The molecule has 1 N–H and O–H groups in total. The molecule has 12 heteroatoms. The van der Waals surface area contributed by atoms with Crippen LogP contribution in [0.3, 0.4) is 0 Å². The van der Waals surface area contributed by atoms with Gasteiger partial charge in [0.05, 0.1) is 12.2 Å². The van der Waals surface area contributed by atoms with Crippen molar-refractivity contribution in [3.05, 3.63) is 47.5 Å². The van der Waals surface area contributed by atoms with Gasteiger partial charge in [-0.15, -0.1) is 0 Å². The molecule has 1 aliphatic rings. The molecule has 0 saturated carbocycles. The maximum atomic E-state index is 12.5. The number of hydrogen-bond acceptors (Lipinski definition) is 7. The number of nitrogens with one attached hydrogen (secondary N) is 1. The summed E-state index contributed by atoms with van der Waals surface area (Å²) in [5, 5.41) is 12.2. The number of hydrogen-bond donors (Lipinski definition) is 1. The minimum Gasteiger partial charge on any atom is -0.447 e. The first kappa shape index (κ1) is 26.3. The van der Waals surface area contributed by atoms with Crippen LogP contribution in [0, 0.1) is 5.92 Å². The van der Waals surface area contributed by atoms with Crippen molar-refractivity contribution in [3.63, 3.8) is 0 Å². The van der Waals surface area contributed by atoms with Gasteiger partial charge in [-0.25, -0.2) is 19.3 Å². The number of anilines is 1. The quantitative estimate of drug-likeness (QED) is 0.210. The molecule has 1 fully saturated rings. The summed E-state index contributed by atoms with van der Waals surface area (Å²) < 4.78 is 12.7. The molecule has 0 unspecified atom stereocenters. The van der Waals surface area contributed by atoms with Gasteiger partial charge >= 0.3 is 6.09 Å². The van der Waals surface area contributed by atoms with Crippen molar-refractivity contribution < 1.29 is 14.3 Å². The lowest BCUT2D eigenvalue weighted by atomic mass is 10.0. The van der Waals surface area contributed by atoms with E-state index in [1.165, 1.54) is 0 Å². The second-order valence-corrected chi connectivity index (χ2v) is 17.1. The molecule has 1 amide bonds. The molecule has 4 aromatic rings. The van der Waals surface area contributed by atoms with E-state index in [0.29, 0.717) is 41.4 Å². The van der Waals surface area contributed by atoms with Crippen LogP contribution >= 0.6 is 11.6 Å². The van der Waals surface area contributed by atoms with E-state index in [2.05, 4.69) is 53.8 Å². The Bertz CT molecular complexity index is 1460. The molecule has 1 saturated heterocycles. The van der Waals surface area contributed by atoms with E-state index in [0.717, 1.165) is 29.3 Å². The number of amides is 1. The lowest BCUT2D eigenvalue weighted by Gasteiger charge is -2.23. The number of aromatic nitrogens is 6. The molecule has 4 heterocycles. The summed E-state index contributed by atoms with van der Waals surface area (Å²) in [5.74, 6) is 1.97. The van der Waals surface area contributed by atoms with E-state index >= 15 is 0 Å². The number of ether oxygens (including phenoxy) is 2. The van der Waals surface area contributed by atoms with Gasteiger partial charge in [-0.2, -0.15) is 10.2 Å². The van der Waals surface area contributed by atoms with Crippen LogP contribution in [0.25, 0.3) is 28.2 Å². The van der Waals surface area contributed by atoms with Crippen LogP contribution in [0.15, 0.2) is 36.7 Å². The summed E-state index contributed by atoms with van der Waals surface area (Å²) in [4.78, 5) is 23.4. The van der Waals surface area contributed by atoms with Gasteiger partial charge in [0, 0.05) is 42.6 Å². The largest absolute Gasteiger partial charge is 0.447 e. The topological polar surface area (TPSA) is 111 Å². The van der Waals surface area contributed by atoms with E-state index in [1.807, 2.05) is 18.2 Å². The third-order valence-electron chi connectivity index (χ3n) is 6.56. The highest BCUT2D eigenvalue weighted by Gasteiger charge is 2.37. The normalized spacial score (nSPS) is 16.1. The van der Waals surface area contributed by atoms with Crippen LogP contribution < -0.4 is 4.90 Å². The highest BCUT2D eigenvalue weighted by molar-refractivity contribution is 6.76. The molecule has 0 aliphatic carbocycles. The first-order valence-electron chi connectivity index (χ1n) is 12.7. The number of cyclic esters (lactones) is 1. The average molecular weight is 554 g/mol. The molecule has 1 aromatic carbocycles. The molecule has 0 bridgehead atoms. The monoisotopic (exact) mass is 553 g/mol. The summed E-state index contributed by atoms with van der Waals surface area (Å²) in [5.41, 5.74) is 2.90. The van der Waals surface area contributed by atoms with Crippen LogP contribution in [0.2, 0.25) is 30.7 Å². The van der Waals surface area contributed by atoms with E-state index in [-0.39, 0.29) is 12.0 Å². The lowest BCUT2D eigenvalue weighted by Crippen LogP contribution is -2.37. The molecule has 3 aromatic heterocycles. The van der Waals surface area contributed by atoms with Gasteiger partial charge in [0.25, 0.3) is 0 Å². The van der Waals surface area contributed by atoms with Crippen molar-refractivity contribution >= 4 is 37.2 Å². The number of fused-ring (bicyclic) bond motifs is 1. The molecule has 10 nitrogen and oxygen atoms in total. The number of nitrogens with zero attached hydrogens (tertiary/aromatic N) is 6. The summed E-state index contributed by atoms with van der Waals surface area (Å²) >= 11 is 6.74. The number of carbonyl (C=O) groups excluding carboxylic acids is 1. The van der Waals surface area contributed by atoms with E-state index < -0.39 is 14.2 Å². The van der Waals surface area contributed by atoms with Gasteiger partial charge in [0.1, 0.15) is 19.0 Å². The fourth-order valence-corrected chi connectivity index (χ4v) is 5.32. The summed E-state index contributed by atoms with van der Waals surface area (Å²) in [6.45, 7) is 12.5. The molecule has 0 spiro atoms. The third-order valence-corrected chi connectivity index (χ3v) is 8.58. The summed E-state index contributed by atoms with van der Waals surface area (Å²) in [6.07, 6.45) is 3.11. The van der Waals surface area contributed by atoms with Crippen molar-refractivity contribution in [2.24, 2.45) is 5.92 Å². The maximum Gasteiger partial charge on any atom is 0.415 e. The van der Waals surface area contributed by atoms with Crippen molar-refractivity contribution in [1.29, 1.82) is 0 Å². The molecule has 38 heavy (non-hydrogen) atoms. The highest BCUT2D eigenvalue weighted by atomic mass is 35.5. The third kappa shape index (κ3) is 5.45. The smallest absolute Gasteiger partial charge is 0.415 e. The van der Waals surface area contributed by atoms with E-state index in [1.54, 1.807) is 27.9 Å². The van der Waals surface area contributed by atoms with Gasteiger partial charge in [-0.1, -0.05) is 57.2 Å². The Kier molecular flexibility index (Phi) is 7.25. The minimum atomic E-state index is -1.14. The number of aromatic amines is 1. The molecular formula is C26H32ClN7O3Si. The zero-order valence-electron chi connectivity index (χ0n) is 22.2. The molecule has 200 valence electrons. The Morgan fingerprint density at radius 2 is 2.03 bits per heavy atom. The highest BCUT2D eigenvalue weighted by Crippen LogP contribution is 2.34. The fraction of sp³-hybridized carbons (Fsp3) is 0.423. The van der Waals surface area contributed by atoms with Gasteiger partial charge in [0.15, 0.2) is 17.3 Å². The van der Waals surface area contributed by atoms with E-state index in [4.69, 9.17) is 26.1 Å². The van der Waals surface area contributed by atoms with Gasteiger partial charge in [0.2, 0.25) is 0 Å². The molecule has 1 atom stereocenters. The summed E-state index contributed by atoms with van der Waals surface area (Å²) in [7, 11) is -1.14. The molecule has 5 rings (SSSR count). The van der Waals surface area contributed by atoms with Crippen LogP contribution in [-0.4, -0.2) is 63.2 Å². The van der Waals surface area contributed by atoms with Crippen LogP contribution in [-0.2, 0) is 16.1 Å². The van der Waals surface area contributed by atoms with Crippen molar-refractivity contribution in [2.45, 2.75) is 52.2 Å². The summed E-state index contributed by atoms with van der Waals surface area (Å²) in [6, 6.07) is 8.45. The second-order valence-electron chi connectivity index (χ2n) is 11.0. The lowest BCUT2D eigenvalue weighted by molar-refractivity contribution is 0.127. The maximum absolute atomic E-state index is 12.5. The van der Waals surface area contributed by atoms with Crippen molar-refractivity contribution in [3.8, 4) is 22.5 Å². The predicted molar refractivity (Wildman–Crippen MR) is 149 cm³/mol. The number of carbonyl (C=O) groups is 1. The number of H-pyrrole nitrogens is 1. The van der Waals surface area contributed by atoms with Crippen LogP contribution in [0.4, 0.5) is 10.6 Å². The predicted octanol–water partition coefficient (Wildman–Crippen LogP) is 5.67. The first-order valence-corrected chi connectivity index (χ1v) is 16.8. The molecular weight excluding hydrogens is 522 g/mol. The number of rotatable bonds is 9. The molecule has 1 aliphatic heterocycles. The Balaban J connectivity index is 1.37. The van der Waals surface area contributed by atoms with Gasteiger partial charge in [-0.3, -0.25) is 10.00 Å². The van der Waals surface area contributed by atoms with Gasteiger partial charge in [-0.05, 0) is 24.1 Å². The molecule has 0 radical (unpaired) electrons. The number of benzene rings is 1. The minimum absolute atomic E-state index is 0.0799. The average Bonchev–Trinajstić information content (AvgIpc) is 3.59. The second kappa shape index (κ2) is 10.5. The Labute approximate surface area is 227 Å². The first-order chi connectivity index (χ1) is 18.1. The van der Waals surface area contributed by atoms with Crippen LogP contribution in [0.1, 0.15) is 19.7 Å². The Hall–Kier alpha value is -3.28. The fourth-order valence-electron chi connectivity index (χ4n) is 4.28. The zero-order chi connectivity index (χ0) is 27.0.